The van der Waals surface area contributed by atoms with Gasteiger partial charge in [-0.3, -0.25) is 4.79 Å². The molecule has 0 saturated carbocycles. The highest BCUT2D eigenvalue weighted by molar-refractivity contribution is 5.79. The average Bonchev–Trinajstić information content (AvgIpc) is 2.61. The van der Waals surface area contributed by atoms with Crippen molar-refractivity contribution in [3.63, 3.8) is 0 Å². The zero-order valence-corrected chi connectivity index (χ0v) is 10.1. The van der Waals surface area contributed by atoms with E-state index in [0.29, 0.717) is 5.92 Å². The van der Waals surface area contributed by atoms with Gasteiger partial charge in [-0.25, -0.2) is 0 Å². The Bertz CT molecular complexity index is 214. The summed E-state index contributed by atoms with van der Waals surface area (Å²) in [6.45, 7) is 7.15. The molecule has 0 aromatic heterocycles. The Morgan fingerprint density at radius 2 is 2.07 bits per heavy atom. The molecule has 1 heterocycles. The van der Waals surface area contributed by atoms with Gasteiger partial charge >= 0.3 is 0 Å². The van der Waals surface area contributed by atoms with Crippen LogP contribution in [0.4, 0.5) is 0 Å². The molecule has 1 rings (SSSR count). The molecule has 1 amide bonds. The van der Waals surface area contributed by atoms with E-state index in [0.717, 1.165) is 25.8 Å². The second-order valence-electron chi connectivity index (χ2n) is 4.56. The highest BCUT2D eigenvalue weighted by atomic mass is 16.3. The Labute approximate surface area is 92.5 Å². The van der Waals surface area contributed by atoms with Crippen molar-refractivity contribution in [1.29, 1.82) is 0 Å². The summed E-state index contributed by atoms with van der Waals surface area (Å²) >= 11 is 0. The van der Waals surface area contributed by atoms with Gasteiger partial charge in [-0.15, -0.1) is 0 Å². The predicted octanol–water partition coefficient (Wildman–Crippen LogP) is 1.65. The third-order valence-corrected chi connectivity index (χ3v) is 3.69. The van der Waals surface area contributed by atoms with Gasteiger partial charge in [-0.2, -0.15) is 0 Å². The lowest BCUT2D eigenvalue weighted by atomic mass is 10.00. The zero-order chi connectivity index (χ0) is 11.4. The van der Waals surface area contributed by atoms with Crippen LogP contribution < -0.4 is 0 Å². The quantitative estimate of drug-likeness (QED) is 0.771. The lowest BCUT2D eigenvalue weighted by Crippen LogP contribution is -2.42. The van der Waals surface area contributed by atoms with Crippen LogP contribution in [0.15, 0.2) is 0 Å². The molecular weight excluding hydrogens is 190 g/mol. The van der Waals surface area contributed by atoms with E-state index in [1.54, 1.807) is 0 Å². The van der Waals surface area contributed by atoms with Crippen molar-refractivity contribution < 1.29 is 9.90 Å². The van der Waals surface area contributed by atoms with Crippen LogP contribution in [0.25, 0.3) is 0 Å². The van der Waals surface area contributed by atoms with Gasteiger partial charge in [0.05, 0.1) is 12.6 Å². The summed E-state index contributed by atoms with van der Waals surface area (Å²) in [4.78, 5) is 14.0. The number of hydrogen-bond donors (Lipinski definition) is 1. The summed E-state index contributed by atoms with van der Waals surface area (Å²) in [5, 5.41) is 9.29. The van der Waals surface area contributed by atoms with Crippen molar-refractivity contribution in [2.45, 2.75) is 46.1 Å². The van der Waals surface area contributed by atoms with Gasteiger partial charge in [0, 0.05) is 12.5 Å². The van der Waals surface area contributed by atoms with Gasteiger partial charge in [-0.05, 0) is 25.2 Å². The Morgan fingerprint density at radius 1 is 1.47 bits per heavy atom. The molecule has 2 unspecified atom stereocenters. The number of carbonyl (C=O) groups excluding carboxylic acids is 1. The number of amides is 1. The number of aliphatic hydroxyl groups excluding tert-OH is 1. The van der Waals surface area contributed by atoms with Crippen LogP contribution in [0.5, 0.6) is 0 Å². The first kappa shape index (κ1) is 12.5. The molecule has 3 heteroatoms. The maximum atomic E-state index is 12.1. The van der Waals surface area contributed by atoms with Crippen molar-refractivity contribution >= 4 is 5.91 Å². The number of likely N-dealkylation sites (tertiary alicyclic amines) is 1. The third-order valence-electron chi connectivity index (χ3n) is 3.69. The first-order valence-corrected chi connectivity index (χ1v) is 6.06. The minimum Gasteiger partial charge on any atom is -0.394 e. The maximum absolute atomic E-state index is 12.1. The Hall–Kier alpha value is -0.570. The number of nitrogens with zero attached hydrogens (tertiary/aromatic N) is 1. The summed E-state index contributed by atoms with van der Waals surface area (Å²) in [5.41, 5.74) is 0. The van der Waals surface area contributed by atoms with Crippen molar-refractivity contribution in [3.8, 4) is 0 Å². The summed E-state index contributed by atoms with van der Waals surface area (Å²) in [6, 6.07) is 0.0538. The van der Waals surface area contributed by atoms with Gasteiger partial charge in [0.25, 0.3) is 0 Å². The minimum atomic E-state index is 0.0538. The first-order chi connectivity index (χ1) is 7.15. The molecule has 1 aliphatic heterocycles. The second-order valence-corrected chi connectivity index (χ2v) is 4.56. The molecule has 88 valence electrons. The van der Waals surface area contributed by atoms with E-state index in [1.807, 2.05) is 4.90 Å². The molecule has 0 spiro atoms. The van der Waals surface area contributed by atoms with E-state index in [1.165, 1.54) is 0 Å². The molecule has 0 aliphatic carbocycles. The van der Waals surface area contributed by atoms with Crippen molar-refractivity contribution in [2.75, 3.05) is 13.2 Å². The van der Waals surface area contributed by atoms with E-state index in [2.05, 4.69) is 20.8 Å². The molecule has 1 saturated heterocycles. The predicted molar refractivity (Wildman–Crippen MR) is 60.4 cm³/mol. The van der Waals surface area contributed by atoms with Crippen LogP contribution in [-0.4, -0.2) is 35.1 Å². The Balaban J connectivity index is 2.66. The van der Waals surface area contributed by atoms with E-state index in [4.69, 9.17) is 0 Å². The van der Waals surface area contributed by atoms with Gasteiger partial charge in [0.1, 0.15) is 0 Å². The normalized spacial score (nSPS) is 26.3. The number of hydrogen-bond acceptors (Lipinski definition) is 2. The van der Waals surface area contributed by atoms with Crippen molar-refractivity contribution in [1.82, 2.24) is 4.90 Å². The average molecular weight is 213 g/mol. The SMILES string of the molecule is CCC(CC)C(=O)N1CCC(C)C1CO. The summed E-state index contributed by atoms with van der Waals surface area (Å²) in [5.74, 6) is 0.820. The maximum Gasteiger partial charge on any atom is 0.225 e. The number of rotatable bonds is 4. The highest BCUT2D eigenvalue weighted by Gasteiger charge is 2.35. The van der Waals surface area contributed by atoms with Crippen LogP contribution in [-0.2, 0) is 4.79 Å². The third kappa shape index (κ3) is 2.51. The van der Waals surface area contributed by atoms with Crippen molar-refractivity contribution in [2.24, 2.45) is 11.8 Å². The molecule has 0 aromatic rings. The van der Waals surface area contributed by atoms with Crippen LogP contribution in [0, 0.1) is 11.8 Å². The highest BCUT2D eigenvalue weighted by Crippen LogP contribution is 2.26. The molecule has 3 nitrogen and oxygen atoms in total. The summed E-state index contributed by atoms with van der Waals surface area (Å²) < 4.78 is 0. The molecular formula is C12H23NO2. The standard InChI is InChI=1S/C12H23NO2/c1-4-10(5-2)12(15)13-7-6-9(3)11(13)8-14/h9-11,14H,4-8H2,1-3H3. The second kappa shape index (κ2) is 5.50. The summed E-state index contributed by atoms with van der Waals surface area (Å²) in [7, 11) is 0. The number of aliphatic hydroxyl groups is 1. The van der Waals surface area contributed by atoms with Gasteiger partial charge < -0.3 is 10.0 Å². The van der Waals surface area contributed by atoms with Gasteiger partial charge in [-0.1, -0.05) is 20.8 Å². The molecule has 0 bridgehead atoms. The zero-order valence-electron chi connectivity index (χ0n) is 10.1. The fourth-order valence-electron chi connectivity index (χ4n) is 2.43. The lowest BCUT2D eigenvalue weighted by Gasteiger charge is -2.28. The summed E-state index contributed by atoms with van der Waals surface area (Å²) in [6.07, 6.45) is 2.83. The molecule has 15 heavy (non-hydrogen) atoms. The van der Waals surface area contributed by atoms with E-state index in [9.17, 15) is 9.90 Å². The Kier molecular flexibility index (Phi) is 4.58. The van der Waals surface area contributed by atoms with Crippen molar-refractivity contribution in [3.05, 3.63) is 0 Å². The molecule has 1 aliphatic rings. The molecule has 0 aromatic carbocycles. The first-order valence-electron chi connectivity index (χ1n) is 6.06. The van der Waals surface area contributed by atoms with Crippen LogP contribution in [0.3, 0.4) is 0 Å². The van der Waals surface area contributed by atoms with Crippen LogP contribution in [0.1, 0.15) is 40.0 Å². The molecule has 1 fully saturated rings. The lowest BCUT2D eigenvalue weighted by molar-refractivity contribution is -0.137. The minimum absolute atomic E-state index is 0.0538. The number of carbonyl (C=O) groups is 1. The van der Waals surface area contributed by atoms with E-state index < -0.39 is 0 Å². The van der Waals surface area contributed by atoms with Gasteiger partial charge in [0.2, 0.25) is 5.91 Å². The molecule has 2 atom stereocenters. The fourth-order valence-corrected chi connectivity index (χ4v) is 2.43. The Morgan fingerprint density at radius 3 is 2.53 bits per heavy atom. The molecule has 1 N–H and O–H groups in total. The van der Waals surface area contributed by atoms with E-state index >= 15 is 0 Å². The monoisotopic (exact) mass is 213 g/mol. The smallest absolute Gasteiger partial charge is 0.225 e. The van der Waals surface area contributed by atoms with Gasteiger partial charge in [0.15, 0.2) is 0 Å². The molecule has 0 radical (unpaired) electrons. The van der Waals surface area contributed by atoms with Crippen LogP contribution in [0.2, 0.25) is 0 Å². The topological polar surface area (TPSA) is 40.5 Å². The fraction of sp³-hybridized carbons (Fsp3) is 0.917. The largest absolute Gasteiger partial charge is 0.394 e. The van der Waals surface area contributed by atoms with Crippen LogP contribution >= 0.6 is 0 Å². The van der Waals surface area contributed by atoms with E-state index in [-0.39, 0.29) is 24.5 Å².